The molecule has 1 aromatic carbocycles. The maximum absolute atomic E-state index is 11.7. The molecule has 3 nitrogen and oxygen atoms in total. The Balaban J connectivity index is 2.29. The molecule has 4 heteroatoms. The summed E-state index contributed by atoms with van der Waals surface area (Å²) in [7, 11) is 0. The van der Waals surface area contributed by atoms with Gasteiger partial charge in [0, 0.05) is 12.1 Å². The van der Waals surface area contributed by atoms with Gasteiger partial charge in [-0.2, -0.15) is 0 Å². The van der Waals surface area contributed by atoms with Gasteiger partial charge in [0.05, 0.1) is 0 Å². The molecule has 17 heavy (non-hydrogen) atoms. The molecule has 1 amide bonds. The number of carbonyl (C=O) groups is 1. The third-order valence-corrected chi connectivity index (χ3v) is 2.58. The summed E-state index contributed by atoms with van der Waals surface area (Å²) in [6.45, 7) is 2.96. The van der Waals surface area contributed by atoms with E-state index < -0.39 is 0 Å². The highest BCUT2D eigenvalue weighted by molar-refractivity contribution is 7.80. The molecule has 0 aliphatic heterocycles. The van der Waals surface area contributed by atoms with Gasteiger partial charge in [0.15, 0.2) is 5.11 Å². The largest absolute Gasteiger partial charge is 0.362 e. The molecule has 1 rings (SSSR count). The van der Waals surface area contributed by atoms with Crippen molar-refractivity contribution < 1.29 is 4.79 Å². The van der Waals surface area contributed by atoms with Crippen LogP contribution in [0.25, 0.3) is 0 Å². The molecule has 0 atom stereocenters. The quantitative estimate of drug-likeness (QED) is 0.623. The number of hydrogen-bond donors (Lipinski definition) is 2. The number of thiocarbonyl (C=S) groups is 1. The van der Waals surface area contributed by atoms with Gasteiger partial charge in [0.1, 0.15) is 0 Å². The summed E-state index contributed by atoms with van der Waals surface area (Å²) >= 11 is 5.04. The molecular weight excluding hydrogens is 232 g/mol. The van der Waals surface area contributed by atoms with E-state index in [-0.39, 0.29) is 5.91 Å². The van der Waals surface area contributed by atoms with E-state index in [9.17, 15) is 4.79 Å². The van der Waals surface area contributed by atoms with E-state index in [4.69, 9.17) is 12.2 Å². The minimum atomic E-state index is -0.168. The number of benzene rings is 1. The van der Waals surface area contributed by atoms with Gasteiger partial charge in [-0.05, 0) is 30.8 Å². The van der Waals surface area contributed by atoms with Crippen LogP contribution in [0.15, 0.2) is 30.3 Å². The fourth-order valence-electron chi connectivity index (χ4n) is 1.39. The van der Waals surface area contributed by atoms with E-state index in [1.54, 1.807) is 12.1 Å². The lowest BCUT2D eigenvalue weighted by Crippen LogP contribution is -2.39. The zero-order valence-electron chi connectivity index (χ0n) is 10.0. The Bertz CT molecular complexity index is 365. The predicted molar refractivity (Wildman–Crippen MR) is 74.0 cm³/mol. The SMILES string of the molecule is CCCCCNC(=S)NC(=O)c1ccccc1. The summed E-state index contributed by atoms with van der Waals surface area (Å²) in [5.74, 6) is -0.168. The van der Waals surface area contributed by atoms with Crippen LogP contribution in [0.1, 0.15) is 36.5 Å². The van der Waals surface area contributed by atoms with Crippen LogP contribution >= 0.6 is 12.2 Å². The first-order valence-electron chi connectivity index (χ1n) is 5.88. The van der Waals surface area contributed by atoms with Crippen molar-refractivity contribution in [2.45, 2.75) is 26.2 Å². The lowest BCUT2D eigenvalue weighted by atomic mass is 10.2. The van der Waals surface area contributed by atoms with Crippen LogP contribution in [-0.2, 0) is 0 Å². The molecule has 0 saturated carbocycles. The standard InChI is InChI=1S/C13H18N2OS/c1-2-3-7-10-14-13(17)15-12(16)11-8-5-4-6-9-11/h4-6,8-9H,2-3,7,10H2,1H3,(H2,14,15,16,17). The number of nitrogens with one attached hydrogen (secondary N) is 2. The van der Waals surface area contributed by atoms with Gasteiger partial charge in [-0.1, -0.05) is 38.0 Å². The minimum Gasteiger partial charge on any atom is -0.362 e. The second-order valence-electron chi connectivity index (χ2n) is 3.78. The summed E-state index contributed by atoms with van der Waals surface area (Å²) in [4.78, 5) is 11.7. The van der Waals surface area contributed by atoms with Crippen molar-refractivity contribution in [2.75, 3.05) is 6.54 Å². The van der Waals surface area contributed by atoms with E-state index >= 15 is 0 Å². The first kappa shape index (κ1) is 13.6. The topological polar surface area (TPSA) is 41.1 Å². The molecule has 0 bridgehead atoms. The van der Waals surface area contributed by atoms with Crippen molar-refractivity contribution in [3.63, 3.8) is 0 Å². The fraction of sp³-hybridized carbons (Fsp3) is 0.385. The smallest absolute Gasteiger partial charge is 0.257 e. The van der Waals surface area contributed by atoms with Crippen molar-refractivity contribution in [2.24, 2.45) is 0 Å². The molecule has 0 aliphatic carbocycles. The molecule has 2 N–H and O–H groups in total. The molecule has 0 fully saturated rings. The van der Waals surface area contributed by atoms with Crippen LogP contribution in [0.3, 0.4) is 0 Å². The lowest BCUT2D eigenvalue weighted by molar-refractivity contribution is 0.0976. The molecule has 0 saturated heterocycles. The van der Waals surface area contributed by atoms with E-state index in [0.29, 0.717) is 10.7 Å². The van der Waals surface area contributed by atoms with E-state index in [1.807, 2.05) is 18.2 Å². The first-order chi connectivity index (χ1) is 8.24. The van der Waals surface area contributed by atoms with Gasteiger partial charge < -0.3 is 5.32 Å². The van der Waals surface area contributed by atoms with E-state index in [1.165, 1.54) is 12.8 Å². The Morgan fingerprint density at radius 1 is 1.24 bits per heavy atom. The Kier molecular flexibility index (Phi) is 6.25. The number of carbonyl (C=O) groups excluding carboxylic acids is 1. The number of hydrogen-bond acceptors (Lipinski definition) is 2. The molecule has 0 spiro atoms. The van der Waals surface area contributed by atoms with E-state index in [2.05, 4.69) is 17.6 Å². The maximum Gasteiger partial charge on any atom is 0.257 e. The second kappa shape index (κ2) is 7.79. The van der Waals surface area contributed by atoms with Crippen molar-refractivity contribution in [1.82, 2.24) is 10.6 Å². The monoisotopic (exact) mass is 250 g/mol. The van der Waals surface area contributed by atoms with Gasteiger partial charge in [-0.3, -0.25) is 10.1 Å². The molecule has 0 unspecified atom stereocenters. The average molecular weight is 250 g/mol. The van der Waals surface area contributed by atoms with Crippen molar-refractivity contribution >= 4 is 23.2 Å². The van der Waals surface area contributed by atoms with Gasteiger partial charge >= 0.3 is 0 Å². The van der Waals surface area contributed by atoms with Crippen molar-refractivity contribution in [3.05, 3.63) is 35.9 Å². The summed E-state index contributed by atoms with van der Waals surface area (Å²) in [6.07, 6.45) is 3.41. The third kappa shape index (κ3) is 5.45. The Morgan fingerprint density at radius 2 is 1.94 bits per heavy atom. The van der Waals surface area contributed by atoms with Gasteiger partial charge in [-0.15, -0.1) is 0 Å². The highest BCUT2D eigenvalue weighted by Gasteiger charge is 2.05. The Morgan fingerprint density at radius 3 is 2.59 bits per heavy atom. The zero-order valence-corrected chi connectivity index (χ0v) is 10.8. The maximum atomic E-state index is 11.7. The lowest BCUT2D eigenvalue weighted by Gasteiger charge is -2.08. The van der Waals surface area contributed by atoms with Crippen LogP contribution in [0.4, 0.5) is 0 Å². The summed E-state index contributed by atoms with van der Waals surface area (Å²) in [5.41, 5.74) is 0.616. The molecule has 1 aromatic rings. The molecule has 0 aromatic heterocycles. The van der Waals surface area contributed by atoms with Crippen LogP contribution in [0, 0.1) is 0 Å². The second-order valence-corrected chi connectivity index (χ2v) is 4.19. The first-order valence-corrected chi connectivity index (χ1v) is 6.29. The van der Waals surface area contributed by atoms with E-state index in [0.717, 1.165) is 13.0 Å². The molecule has 0 radical (unpaired) electrons. The van der Waals surface area contributed by atoms with Crippen LogP contribution in [0.2, 0.25) is 0 Å². The molecular formula is C13H18N2OS. The highest BCUT2D eigenvalue weighted by atomic mass is 32.1. The number of amides is 1. The van der Waals surface area contributed by atoms with Crippen LogP contribution in [-0.4, -0.2) is 17.6 Å². The summed E-state index contributed by atoms with van der Waals surface area (Å²) in [5, 5.41) is 6.07. The summed E-state index contributed by atoms with van der Waals surface area (Å²) in [6, 6.07) is 9.04. The number of rotatable bonds is 5. The Labute approximate surface area is 108 Å². The van der Waals surface area contributed by atoms with Crippen LogP contribution < -0.4 is 10.6 Å². The summed E-state index contributed by atoms with van der Waals surface area (Å²) < 4.78 is 0. The third-order valence-electron chi connectivity index (χ3n) is 2.33. The number of unbranched alkanes of at least 4 members (excludes halogenated alkanes) is 2. The van der Waals surface area contributed by atoms with Crippen molar-refractivity contribution in [3.8, 4) is 0 Å². The molecule has 0 heterocycles. The van der Waals surface area contributed by atoms with Gasteiger partial charge in [-0.25, -0.2) is 0 Å². The predicted octanol–water partition coefficient (Wildman–Crippen LogP) is 2.48. The Hall–Kier alpha value is -1.42. The zero-order chi connectivity index (χ0) is 12.5. The fourth-order valence-corrected chi connectivity index (χ4v) is 1.58. The minimum absolute atomic E-state index is 0.168. The highest BCUT2D eigenvalue weighted by Crippen LogP contribution is 1.97. The van der Waals surface area contributed by atoms with Gasteiger partial charge in [0.25, 0.3) is 5.91 Å². The molecule has 92 valence electrons. The average Bonchev–Trinajstić information content (AvgIpc) is 2.36. The van der Waals surface area contributed by atoms with Crippen molar-refractivity contribution in [1.29, 1.82) is 0 Å². The van der Waals surface area contributed by atoms with Gasteiger partial charge in [0.2, 0.25) is 0 Å². The molecule has 0 aliphatic rings. The van der Waals surface area contributed by atoms with Crippen LogP contribution in [0.5, 0.6) is 0 Å². The normalized spacial score (nSPS) is 9.71.